The third-order valence-corrected chi connectivity index (χ3v) is 4.77. The van der Waals surface area contributed by atoms with Gasteiger partial charge >= 0.3 is 0 Å². The fourth-order valence-corrected chi connectivity index (χ4v) is 3.85. The summed E-state index contributed by atoms with van der Waals surface area (Å²) in [4.78, 5) is 2.56. The van der Waals surface area contributed by atoms with Crippen LogP contribution in [0, 0.1) is 17.3 Å². The lowest BCUT2D eigenvalue weighted by molar-refractivity contribution is 0.0808. The van der Waals surface area contributed by atoms with Gasteiger partial charge in [-0.2, -0.15) is 0 Å². The molecule has 0 aliphatic carbocycles. The summed E-state index contributed by atoms with van der Waals surface area (Å²) < 4.78 is 0. The maximum atomic E-state index is 3.58. The van der Waals surface area contributed by atoms with Crippen molar-refractivity contribution < 1.29 is 0 Å². The Bertz CT molecular complexity index is 215. The van der Waals surface area contributed by atoms with Gasteiger partial charge in [-0.1, -0.05) is 13.8 Å². The van der Waals surface area contributed by atoms with E-state index in [1.807, 2.05) is 0 Å². The second-order valence-electron chi connectivity index (χ2n) is 6.14. The van der Waals surface area contributed by atoms with Crippen LogP contribution < -0.4 is 5.32 Å². The smallest absolute Gasteiger partial charge is 0.00700 e. The van der Waals surface area contributed by atoms with Crippen LogP contribution in [0.4, 0.5) is 0 Å². The van der Waals surface area contributed by atoms with Gasteiger partial charge in [0, 0.05) is 12.6 Å². The lowest BCUT2D eigenvalue weighted by atomic mass is 9.65. The Balaban J connectivity index is 2.16. The molecule has 2 saturated heterocycles. The fraction of sp³-hybridized carbons (Fsp3) is 1.00. The summed E-state index contributed by atoms with van der Waals surface area (Å²) in [6.07, 6.45) is 2.79. The Morgan fingerprint density at radius 2 is 2.13 bits per heavy atom. The molecule has 88 valence electrons. The molecule has 0 amide bonds. The van der Waals surface area contributed by atoms with Gasteiger partial charge in [-0.15, -0.1) is 0 Å². The molecule has 3 unspecified atom stereocenters. The molecule has 1 N–H and O–H groups in total. The molecule has 0 bridgehead atoms. The van der Waals surface area contributed by atoms with E-state index in [1.54, 1.807) is 0 Å². The van der Waals surface area contributed by atoms with Crippen molar-refractivity contribution in [1.29, 1.82) is 0 Å². The van der Waals surface area contributed by atoms with Gasteiger partial charge in [-0.3, -0.25) is 0 Å². The van der Waals surface area contributed by atoms with E-state index in [0.717, 1.165) is 17.9 Å². The monoisotopic (exact) mass is 210 g/mol. The molecule has 0 saturated carbocycles. The molecule has 0 aromatic rings. The molecule has 0 aromatic carbocycles. The predicted molar refractivity (Wildman–Crippen MR) is 65.0 cm³/mol. The van der Waals surface area contributed by atoms with Crippen molar-refractivity contribution in [3.8, 4) is 0 Å². The molecule has 3 atom stereocenters. The number of hydrogen-bond donors (Lipinski definition) is 1. The molecular formula is C13H26N2. The SMILES string of the molecule is CC(C)C1CNCCC12CC(C)N(C)C2. The Kier molecular flexibility index (Phi) is 3.09. The van der Waals surface area contributed by atoms with Gasteiger partial charge in [0.15, 0.2) is 0 Å². The van der Waals surface area contributed by atoms with Gasteiger partial charge in [0.05, 0.1) is 0 Å². The van der Waals surface area contributed by atoms with E-state index < -0.39 is 0 Å². The first kappa shape index (κ1) is 11.4. The molecule has 2 nitrogen and oxygen atoms in total. The van der Waals surface area contributed by atoms with E-state index in [9.17, 15) is 0 Å². The van der Waals surface area contributed by atoms with Crippen molar-refractivity contribution >= 4 is 0 Å². The average molecular weight is 210 g/mol. The van der Waals surface area contributed by atoms with Gasteiger partial charge in [0.2, 0.25) is 0 Å². The molecule has 2 fully saturated rings. The summed E-state index contributed by atoms with van der Waals surface area (Å²) >= 11 is 0. The highest BCUT2D eigenvalue weighted by Crippen LogP contribution is 2.47. The summed E-state index contributed by atoms with van der Waals surface area (Å²) in [7, 11) is 2.29. The minimum Gasteiger partial charge on any atom is -0.316 e. The summed E-state index contributed by atoms with van der Waals surface area (Å²) in [5, 5.41) is 3.58. The van der Waals surface area contributed by atoms with Crippen molar-refractivity contribution in [3.05, 3.63) is 0 Å². The molecule has 15 heavy (non-hydrogen) atoms. The van der Waals surface area contributed by atoms with E-state index in [0.29, 0.717) is 5.41 Å². The molecule has 2 rings (SSSR count). The summed E-state index contributed by atoms with van der Waals surface area (Å²) in [6, 6.07) is 0.782. The Hall–Kier alpha value is -0.0800. The standard InChI is InChI=1S/C13H26N2/c1-10(2)12-8-14-6-5-13(12)7-11(3)15(4)9-13/h10-12,14H,5-9H2,1-4H3. The average Bonchev–Trinajstić information content (AvgIpc) is 2.42. The van der Waals surface area contributed by atoms with Crippen molar-refractivity contribution in [2.45, 2.75) is 39.7 Å². The third kappa shape index (κ3) is 1.94. The largest absolute Gasteiger partial charge is 0.316 e. The van der Waals surface area contributed by atoms with E-state index in [4.69, 9.17) is 0 Å². The fourth-order valence-electron chi connectivity index (χ4n) is 3.85. The van der Waals surface area contributed by atoms with Gasteiger partial charge in [0.25, 0.3) is 0 Å². The maximum absolute atomic E-state index is 3.58. The maximum Gasteiger partial charge on any atom is 0.00700 e. The molecule has 2 heterocycles. The first-order valence-electron chi connectivity index (χ1n) is 6.46. The zero-order chi connectivity index (χ0) is 11.1. The lowest BCUT2D eigenvalue weighted by Gasteiger charge is -2.44. The molecule has 2 aliphatic rings. The van der Waals surface area contributed by atoms with Crippen molar-refractivity contribution in [1.82, 2.24) is 10.2 Å². The van der Waals surface area contributed by atoms with Crippen LogP contribution in [0.1, 0.15) is 33.6 Å². The van der Waals surface area contributed by atoms with E-state index >= 15 is 0 Å². The van der Waals surface area contributed by atoms with E-state index in [2.05, 4.69) is 38.0 Å². The van der Waals surface area contributed by atoms with Crippen molar-refractivity contribution in [3.63, 3.8) is 0 Å². The number of nitrogens with one attached hydrogen (secondary N) is 1. The Labute approximate surface area is 94.4 Å². The van der Waals surface area contributed by atoms with Gasteiger partial charge in [-0.05, 0) is 57.2 Å². The molecule has 2 heteroatoms. The molecule has 0 aromatic heterocycles. The van der Waals surface area contributed by atoms with Crippen LogP contribution in [0.15, 0.2) is 0 Å². The summed E-state index contributed by atoms with van der Waals surface area (Å²) in [6.45, 7) is 10.9. The van der Waals surface area contributed by atoms with E-state index in [-0.39, 0.29) is 0 Å². The van der Waals surface area contributed by atoms with Crippen LogP contribution in [-0.4, -0.2) is 37.6 Å². The van der Waals surface area contributed by atoms with Crippen LogP contribution in [0.25, 0.3) is 0 Å². The minimum absolute atomic E-state index is 0.619. The molecule has 0 radical (unpaired) electrons. The number of piperidine rings is 1. The van der Waals surface area contributed by atoms with Crippen LogP contribution >= 0.6 is 0 Å². The van der Waals surface area contributed by atoms with Crippen molar-refractivity contribution in [2.75, 3.05) is 26.7 Å². The normalized spacial score (nSPS) is 43.0. The predicted octanol–water partition coefficient (Wildman–Crippen LogP) is 1.96. The van der Waals surface area contributed by atoms with Crippen LogP contribution in [-0.2, 0) is 0 Å². The topological polar surface area (TPSA) is 15.3 Å². The number of rotatable bonds is 1. The second kappa shape index (κ2) is 4.06. The lowest BCUT2D eigenvalue weighted by Crippen LogP contribution is -2.48. The van der Waals surface area contributed by atoms with Gasteiger partial charge in [-0.25, -0.2) is 0 Å². The highest BCUT2D eigenvalue weighted by molar-refractivity contribution is 5.01. The Morgan fingerprint density at radius 1 is 1.40 bits per heavy atom. The zero-order valence-corrected chi connectivity index (χ0v) is 10.7. The highest BCUT2D eigenvalue weighted by atomic mass is 15.2. The van der Waals surface area contributed by atoms with Crippen LogP contribution in [0.3, 0.4) is 0 Å². The quantitative estimate of drug-likeness (QED) is 0.712. The summed E-state index contributed by atoms with van der Waals surface area (Å²) in [5.41, 5.74) is 0.619. The Morgan fingerprint density at radius 3 is 2.67 bits per heavy atom. The first-order valence-corrected chi connectivity index (χ1v) is 6.46. The number of likely N-dealkylation sites (tertiary alicyclic amines) is 1. The highest BCUT2D eigenvalue weighted by Gasteiger charge is 2.47. The van der Waals surface area contributed by atoms with Crippen molar-refractivity contribution in [2.24, 2.45) is 17.3 Å². The third-order valence-electron chi connectivity index (χ3n) is 4.77. The number of hydrogen-bond acceptors (Lipinski definition) is 2. The van der Waals surface area contributed by atoms with Gasteiger partial charge in [0.1, 0.15) is 0 Å². The van der Waals surface area contributed by atoms with E-state index in [1.165, 1.54) is 32.5 Å². The minimum atomic E-state index is 0.619. The molecular weight excluding hydrogens is 184 g/mol. The van der Waals surface area contributed by atoms with Gasteiger partial charge < -0.3 is 10.2 Å². The molecule has 2 aliphatic heterocycles. The van der Waals surface area contributed by atoms with Crippen LogP contribution in [0.5, 0.6) is 0 Å². The summed E-state index contributed by atoms with van der Waals surface area (Å²) in [5.74, 6) is 1.69. The first-order chi connectivity index (χ1) is 7.05. The van der Waals surface area contributed by atoms with Crippen LogP contribution in [0.2, 0.25) is 0 Å². The zero-order valence-electron chi connectivity index (χ0n) is 10.7. The second-order valence-corrected chi connectivity index (χ2v) is 6.14. The molecule has 1 spiro atoms. The number of nitrogens with zero attached hydrogens (tertiary/aromatic N) is 1.